The van der Waals surface area contributed by atoms with Crippen LogP contribution in [-0.2, 0) is 6.42 Å². The standard InChI is InChI=1S/C13H11FN4/c1-2-11-12(17-7-18-13(11)16)9-3-8(6-15)4-10(14)5-9/h3-5,7H,2H2,1H3,(H2,16,17,18). The number of nitrogens with zero attached hydrogens (tertiary/aromatic N) is 3. The van der Waals surface area contributed by atoms with E-state index in [0.29, 0.717) is 23.5 Å². The Morgan fingerprint density at radius 1 is 1.33 bits per heavy atom. The minimum absolute atomic E-state index is 0.254. The average Bonchev–Trinajstić information content (AvgIpc) is 2.37. The molecule has 0 unspecified atom stereocenters. The van der Waals surface area contributed by atoms with Crippen LogP contribution in [0.1, 0.15) is 18.1 Å². The Labute approximate surface area is 104 Å². The molecule has 0 fully saturated rings. The summed E-state index contributed by atoms with van der Waals surface area (Å²) in [5, 5.41) is 8.84. The molecular weight excluding hydrogens is 231 g/mol. The third kappa shape index (κ3) is 2.13. The first-order valence-corrected chi connectivity index (χ1v) is 5.46. The molecule has 0 saturated carbocycles. The summed E-state index contributed by atoms with van der Waals surface area (Å²) in [6.07, 6.45) is 1.97. The summed E-state index contributed by atoms with van der Waals surface area (Å²) in [5.41, 5.74) is 7.89. The molecule has 0 aliphatic heterocycles. The van der Waals surface area contributed by atoms with Crippen molar-refractivity contribution in [2.24, 2.45) is 0 Å². The Hall–Kier alpha value is -2.48. The zero-order valence-electron chi connectivity index (χ0n) is 9.81. The van der Waals surface area contributed by atoms with Gasteiger partial charge in [0.05, 0.1) is 17.3 Å². The Bertz CT molecular complexity index is 631. The topological polar surface area (TPSA) is 75.6 Å². The first-order valence-electron chi connectivity index (χ1n) is 5.46. The molecule has 0 bridgehead atoms. The summed E-state index contributed by atoms with van der Waals surface area (Å²) >= 11 is 0. The fourth-order valence-corrected chi connectivity index (χ4v) is 1.81. The summed E-state index contributed by atoms with van der Waals surface area (Å²) in [4.78, 5) is 8.04. The van der Waals surface area contributed by atoms with E-state index in [9.17, 15) is 4.39 Å². The van der Waals surface area contributed by atoms with E-state index in [0.717, 1.165) is 5.56 Å². The van der Waals surface area contributed by atoms with Gasteiger partial charge in [-0.1, -0.05) is 6.92 Å². The smallest absolute Gasteiger partial charge is 0.130 e. The minimum atomic E-state index is -0.469. The van der Waals surface area contributed by atoms with Crippen LogP contribution in [0.3, 0.4) is 0 Å². The molecule has 2 aromatic rings. The van der Waals surface area contributed by atoms with Crippen molar-refractivity contribution >= 4 is 5.82 Å². The van der Waals surface area contributed by atoms with Crippen molar-refractivity contribution in [2.45, 2.75) is 13.3 Å². The Morgan fingerprint density at radius 3 is 2.78 bits per heavy atom. The quantitative estimate of drug-likeness (QED) is 0.876. The van der Waals surface area contributed by atoms with Crippen LogP contribution in [-0.4, -0.2) is 9.97 Å². The zero-order chi connectivity index (χ0) is 13.1. The molecular formula is C13H11FN4. The summed E-state index contributed by atoms with van der Waals surface area (Å²) in [6, 6.07) is 6.02. The van der Waals surface area contributed by atoms with Crippen LogP contribution >= 0.6 is 0 Å². The molecule has 0 atom stereocenters. The number of nitriles is 1. The maximum absolute atomic E-state index is 13.4. The molecule has 2 rings (SSSR count). The first-order chi connectivity index (χ1) is 8.65. The van der Waals surface area contributed by atoms with E-state index in [1.807, 2.05) is 13.0 Å². The van der Waals surface area contributed by atoms with Gasteiger partial charge in [0.15, 0.2) is 0 Å². The SMILES string of the molecule is CCc1c(N)ncnc1-c1cc(F)cc(C#N)c1. The molecule has 1 aromatic heterocycles. The Morgan fingerprint density at radius 2 is 2.11 bits per heavy atom. The molecule has 0 radical (unpaired) electrons. The lowest BCUT2D eigenvalue weighted by Gasteiger charge is -2.09. The predicted molar refractivity (Wildman–Crippen MR) is 65.9 cm³/mol. The van der Waals surface area contributed by atoms with Crippen molar-refractivity contribution in [1.82, 2.24) is 9.97 Å². The number of rotatable bonds is 2. The summed E-state index contributed by atoms with van der Waals surface area (Å²) in [6.45, 7) is 1.92. The first kappa shape index (κ1) is 12.0. The maximum Gasteiger partial charge on any atom is 0.130 e. The summed E-state index contributed by atoms with van der Waals surface area (Å²) in [7, 11) is 0. The number of halogens is 1. The van der Waals surface area contributed by atoms with Gasteiger partial charge in [-0.2, -0.15) is 5.26 Å². The van der Waals surface area contributed by atoms with Crippen LogP contribution in [0.5, 0.6) is 0 Å². The Balaban J connectivity index is 2.66. The number of aromatic nitrogens is 2. The molecule has 2 N–H and O–H groups in total. The Kier molecular flexibility index (Phi) is 3.20. The van der Waals surface area contributed by atoms with Crippen molar-refractivity contribution < 1.29 is 4.39 Å². The third-order valence-corrected chi connectivity index (χ3v) is 2.63. The van der Waals surface area contributed by atoms with Crippen molar-refractivity contribution in [1.29, 1.82) is 5.26 Å². The highest BCUT2D eigenvalue weighted by atomic mass is 19.1. The third-order valence-electron chi connectivity index (χ3n) is 2.63. The van der Waals surface area contributed by atoms with E-state index >= 15 is 0 Å². The lowest BCUT2D eigenvalue weighted by Crippen LogP contribution is -2.01. The van der Waals surface area contributed by atoms with Gasteiger partial charge in [0.2, 0.25) is 0 Å². The summed E-state index contributed by atoms with van der Waals surface area (Å²) < 4.78 is 13.4. The van der Waals surface area contributed by atoms with Gasteiger partial charge in [0, 0.05) is 11.1 Å². The molecule has 90 valence electrons. The second-order valence-corrected chi connectivity index (χ2v) is 3.78. The fraction of sp³-hybridized carbons (Fsp3) is 0.154. The number of nitrogen functional groups attached to an aromatic ring is 1. The van der Waals surface area contributed by atoms with Crippen LogP contribution in [0.15, 0.2) is 24.5 Å². The highest BCUT2D eigenvalue weighted by molar-refractivity contribution is 5.68. The van der Waals surface area contributed by atoms with Crippen molar-refractivity contribution in [3.8, 4) is 17.3 Å². The van der Waals surface area contributed by atoms with E-state index in [1.165, 1.54) is 18.5 Å². The molecule has 1 aromatic carbocycles. The van der Waals surface area contributed by atoms with Crippen LogP contribution in [0.2, 0.25) is 0 Å². The van der Waals surface area contributed by atoms with Gasteiger partial charge < -0.3 is 5.73 Å². The summed E-state index contributed by atoms with van der Waals surface area (Å²) in [5.74, 6) is -0.0893. The number of hydrogen-bond donors (Lipinski definition) is 1. The minimum Gasteiger partial charge on any atom is -0.383 e. The highest BCUT2D eigenvalue weighted by Gasteiger charge is 2.11. The van der Waals surface area contributed by atoms with Crippen LogP contribution in [0.4, 0.5) is 10.2 Å². The molecule has 4 nitrogen and oxygen atoms in total. The second-order valence-electron chi connectivity index (χ2n) is 3.78. The highest BCUT2D eigenvalue weighted by Crippen LogP contribution is 2.26. The largest absolute Gasteiger partial charge is 0.383 e. The maximum atomic E-state index is 13.4. The lowest BCUT2D eigenvalue weighted by atomic mass is 10.0. The van der Waals surface area contributed by atoms with Gasteiger partial charge >= 0.3 is 0 Å². The molecule has 18 heavy (non-hydrogen) atoms. The fourth-order valence-electron chi connectivity index (χ4n) is 1.81. The molecule has 5 heteroatoms. The molecule has 0 amide bonds. The molecule has 0 aliphatic carbocycles. The van der Waals surface area contributed by atoms with E-state index in [1.54, 1.807) is 6.07 Å². The number of nitrogens with two attached hydrogens (primary N) is 1. The van der Waals surface area contributed by atoms with E-state index in [-0.39, 0.29) is 5.56 Å². The van der Waals surface area contributed by atoms with Gasteiger partial charge in [0.1, 0.15) is 18.0 Å². The second kappa shape index (κ2) is 4.80. The van der Waals surface area contributed by atoms with E-state index < -0.39 is 5.82 Å². The number of hydrogen-bond acceptors (Lipinski definition) is 4. The van der Waals surface area contributed by atoms with Crippen molar-refractivity contribution in [3.05, 3.63) is 41.5 Å². The molecule has 0 spiro atoms. The van der Waals surface area contributed by atoms with Crippen LogP contribution < -0.4 is 5.73 Å². The normalized spacial score (nSPS) is 10.1. The van der Waals surface area contributed by atoms with E-state index in [2.05, 4.69) is 9.97 Å². The van der Waals surface area contributed by atoms with Gasteiger partial charge in [-0.15, -0.1) is 0 Å². The molecule has 1 heterocycles. The number of anilines is 1. The van der Waals surface area contributed by atoms with Crippen molar-refractivity contribution in [3.63, 3.8) is 0 Å². The van der Waals surface area contributed by atoms with Crippen molar-refractivity contribution in [2.75, 3.05) is 5.73 Å². The molecule has 0 aliphatic rings. The predicted octanol–water partition coefficient (Wildman–Crippen LogP) is 2.30. The van der Waals surface area contributed by atoms with Crippen LogP contribution in [0, 0.1) is 17.1 Å². The monoisotopic (exact) mass is 242 g/mol. The average molecular weight is 242 g/mol. The van der Waals surface area contributed by atoms with Gasteiger partial charge in [-0.25, -0.2) is 14.4 Å². The molecule has 0 saturated heterocycles. The van der Waals surface area contributed by atoms with Gasteiger partial charge in [-0.05, 0) is 24.6 Å². The lowest BCUT2D eigenvalue weighted by molar-refractivity contribution is 0.627. The van der Waals surface area contributed by atoms with Crippen LogP contribution in [0.25, 0.3) is 11.3 Å². The number of benzene rings is 1. The van der Waals surface area contributed by atoms with Gasteiger partial charge in [0.25, 0.3) is 0 Å². The van der Waals surface area contributed by atoms with Gasteiger partial charge in [-0.3, -0.25) is 0 Å². The zero-order valence-corrected chi connectivity index (χ0v) is 9.81. The van der Waals surface area contributed by atoms with E-state index in [4.69, 9.17) is 11.0 Å².